The molecule has 3 nitrogen and oxygen atoms in total. The number of rotatable bonds is 2. The number of carbonyl (C=O) groups is 1. The number of carbonyl (C=O) groups excluding carboxylic acids is 1. The van der Waals surface area contributed by atoms with E-state index in [1.807, 2.05) is 54.6 Å². The predicted molar refractivity (Wildman–Crippen MR) is 71.3 cm³/mol. The zero-order valence-electron chi connectivity index (χ0n) is 10.3. The first kappa shape index (κ1) is 11.9. The second-order valence-corrected chi connectivity index (χ2v) is 4.67. The SMILES string of the molecule is O=C1OC(c2ccc(-c3ccccc3)cc2)CC1O. The number of esters is 1. The summed E-state index contributed by atoms with van der Waals surface area (Å²) in [5.41, 5.74) is 3.19. The van der Waals surface area contributed by atoms with Crippen LogP contribution in [0, 0.1) is 0 Å². The van der Waals surface area contributed by atoms with Crippen LogP contribution < -0.4 is 0 Å². The van der Waals surface area contributed by atoms with Crippen LogP contribution >= 0.6 is 0 Å². The molecular weight excluding hydrogens is 240 g/mol. The van der Waals surface area contributed by atoms with Crippen molar-refractivity contribution in [2.45, 2.75) is 18.6 Å². The molecule has 0 spiro atoms. The number of hydrogen-bond donors (Lipinski definition) is 1. The van der Waals surface area contributed by atoms with Crippen molar-refractivity contribution in [1.82, 2.24) is 0 Å². The van der Waals surface area contributed by atoms with E-state index in [-0.39, 0.29) is 6.10 Å². The minimum atomic E-state index is -0.987. The Bertz CT molecular complexity index is 575. The average Bonchev–Trinajstić information content (AvgIpc) is 2.80. The molecule has 96 valence electrons. The highest BCUT2D eigenvalue weighted by Gasteiger charge is 2.33. The molecule has 0 amide bonds. The van der Waals surface area contributed by atoms with Crippen LogP contribution in [0.4, 0.5) is 0 Å². The van der Waals surface area contributed by atoms with Gasteiger partial charge in [-0.05, 0) is 16.7 Å². The van der Waals surface area contributed by atoms with E-state index in [4.69, 9.17) is 4.74 Å². The van der Waals surface area contributed by atoms with E-state index in [1.54, 1.807) is 0 Å². The quantitative estimate of drug-likeness (QED) is 0.838. The van der Waals surface area contributed by atoms with E-state index in [0.29, 0.717) is 6.42 Å². The number of benzene rings is 2. The maximum atomic E-state index is 11.2. The van der Waals surface area contributed by atoms with Crippen molar-refractivity contribution < 1.29 is 14.6 Å². The number of hydrogen-bond acceptors (Lipinski definition) is 3. The van der Waals surface area contributed by atoms with Crippen LogP contribution in [0.3, 0.4) is 0 Å². The van der Waals surface area contributed by atoms with Crippen LogP contribution in [0.2, 0.25) is 0 Å². The second-order valence-electron chi connectivity index (χ2n) is 4.67. The molecule has 2 aromatic rings. The summed E-state index contributed by atoms with van der Waals surface area (Å²) in [7, 11) is 0. The molecule has 1 saturated heterocycles. The van der Waals surface area contributed by atoms with E-state index >= 15 is 0 Å². The Labute approximate surface area is 111 Å². The molecule has 19 heavy (non-hydrogen) atoms. The molecule has 0 saturated carbocycles. The fraction of sp³-hybridized carbons (Fsp3) is 0.188. The van der Waals surface area contributed by atoms with Crippen molar-refractivity contribution in [3.05, 3.63) is 60.2 Å². The van der Waals surface area contributed by atoms with E-state index < -0.39 is 12.1 Å². The molecule has 0 radical (unpaired) electrons. The monoisotopic (exact) mass is 254 g/mol. The average molecular weight is 254 g/mol. The normalized spacial score (nSPS) is 22.3. The van der Waals surface area contributed by atoms with Crippen LogP contribution in [0.25, 0.3) is 11.1 Å². The van der Waals surface area contributed by atoms with Crippen LogP contribution in [0.1, 0.15) is 18.1 Å². The van der Waals surface area contributed by atoms with Gasteiger partial charge in [-0.1, -0.05) is 54.6 Å². The Balaban J connectivity index is 1.82. The van der Waals surface area contributed by atoms with E-state index in [1.165, 1.54) is 0 Å². The summed E-state index contributed by atoms with van der Waals surface area (Å²) >= 11 is 0. The highest BCUT2D eigenvalue weighted by atomic mass is 16.6. The highest BCUT2D eigenvalue weighted by Crippen LogP contribution is 2.31. The predicted octanol–water partition coefficient (Wildman–Crippen LogP) is 2.70. The zero-order chi connectivity index (χ0) is 13.2. The molecule has 1 heterocycles. The van der Waals surface area contributed by atoms with E-state index in [0.717, 1.165) is 16.7 Å². The van der Waals surface area contributed by atoms with Crippen LogP contribution in [0.15, 0.2) is 54.6 Å². The molecule has 2 unspecified atom stereocenters. The maximum absolute atomic E-state index is 11.2. The molecule has 0 bridgehead atoms. The molecule has 3 heteroatoms. The van der Waals surface area contributed by atoms with Gasteiger partial charge in [0, 0.05) is 6.42 Å². The summed E-state index contributed by atoms with van der Waals surface area (Å²) in [5.74, 6) is -0.530. The third-order valence-electron chi connectivity index (χ3n) is 3.36. The summed E-state index contributed by atoms with van der Waals surface area (Å²) in [5, 5.41) is 9.39. The van der Waals surface area contributed by atoms with E-state index in [9.17, 15) is 9.90 Å². The molecule has 2 atom stereocenters. The Kier molecular flexibility index (Phi) is 3.05. The summed E-state index contributed by atoms with van der Waals surface area (Å²) in [6.07, 6.45) is -0.977. The molecule has 1 fully saturated rings. The van der Waals surface area contributed by atoms with Gasteiger partial charge in [-0.2, -0.15) is 0 Å². The Morgan fingerprint density at radius 2 is 1.58 bits per heavy atom. The summed E-state index contributed by atoms with van der Waals surface area (Å²) in [4.78, 5) is 11.2. The lowest BCUT2D eigenvalue weighted by Crippen LogP contribution is -2.11. The number of ether oxygens (including phenoxy) is 1. The summed E-state index contributed by atoms with van der Waals surface area (Å²) < 4.78 is 5.12. The minimum absolute atomic E-state index is 0.327. The smallest absolute Gasteiger partial charge is 0.335 e. The first-order valence-electron chi connectivity index (χ1n) is 6.28. The molecule has 2 aromatic carbocycles. The van der Waals surface area contributed by atoms with E-state index in [2.05, 4.69) is 0 Å². The Morgan fingerprint density at radius 3 is 2.16 bits per heavy atom. The van der Waals surface area contributed by atoms with Crippen LogP contribution in [0.5, 0.6) is 0 Å². The van der Waals surface area contributed by atoms with Crippen molar-refractivity contribution in [3.8, 4) is 11.1 Å². The van der Waals surface area contributed by atoms with Gasteiger partial charge in [0.1, 0.15) is 6.10 Å². The fourth-order valence-electron chi connectivity index (χ4n) is 2.29. The molecular formula is C16H14O3. The molecule has 1 aliphatic rings. The largest absolute Gasteiger partial charge is 0.455 e. The summed E-state index contributed by atoms with van der Waals surface area (Å²) in [6.45, 7) is 0. The van der Waals surface area contributed by atoms with Gasteiger partial charge in [0.05, 0.1) is 0 Å². The van der Waals surface area contributed by atoms with Crippen molar-refractivity contribution in [3.63, 3.8) is 0 Å². The topological polar surface area (TPSA) is 46.5 Å². The highest BCUT2D eigenvalue weighted by molar-refractivity contribution is 5.76. The van der Waals surface area contributed by atoms with Gasteiger partial charge in [-0.25, -0.2) is 4.79 Å². The van der Waals surface area contributed by atoms with Crippen molar-refractivity contribution in [1.29, 1.82) is 0 Å². The first-order chi connectivity index (χ1) is 9.24. The maximum Gasteiger partial charge on any atom is 0.335 e. The lowest BCUT2D eigenvalue weighted by molar-refractivity contribution is -0.147. The number of aliphatic hydroxyl groups excluding tert-OH is 1. The zero-order valence-corrected chi connectivity index (χ0v) is 10.3. The Hall–Kier alpha value is -2.13. The molecule has 1 N–H and O–H groups in total. The third kappa shape index (κ3) is 2.37. The lowest BCUT2D eigenvalue weighted by Gasteiger charge is -2.10. The molecule has 3 rings (SSSR count). The van der Waals surface area contributed by atoms with Gasteiger partial charge in [0.25, 0.3) is 0 Å². The van der Waals surface area contributed by atoms with Crippen LogP contribution in [-0.4, -0.2) is 17.2 Å². The third-order valence-corrected chi connectivity index (χ3v) is 3.36. The first-order valence-corrected chi connectivity index (χ1v) is 6.28. The van der Waals surface area contributed by atoms with Gasteiger partial charge in [-0.15, -0.1) is 0 Å². The molecule has 0 aromatic heterocycles. The van der Waals surface area contributed by atoms with Crippen molar-refractivity contribution >= 4 is 5.97 Å². The fourth-order valence-corrected chi connectivity index (χ4v) is 2.29. The number of cyclic esters (lactones) is 1. The van der Waals surface area contributed by atoms with Crippen molar-refractivity contribution in [2.75, 3.05) is 0 Å². The van der Waals surface area contributed by atoms with Crippen molar-refractivity contribution in [2.24, 2.45) is 0 Å². The Morgan fingerprint density at radius 1 is 0.947 bits per heavy atom. The number of aliphatic hydroxyl groups is 1. The van der Waals surface area contributed by atoms with Gasteiger partial charge in [0.15, 0.2) is 6.10 Å². The van der Waals surface area contributed by atoms with Gasteiger partial charge >= 0.3 is 5.97 Å². The van der Waals surface area contributed by atoms with Gasteiger partial charge in [0.2, 0.25) is 0 Å². The minimum Gasteiger partial charge on any atom is -0.455 e. The second kappa shape index (κ2) is 4.86. The van der Waals surface area contributed by atoms with Gasteiger partial charge < -0.3 is 9.84 Å². The lowest BCUT2D eigenvalue weighted by atomic mass is 10.0. The van der Waals surface area contributed by atoms with Gasteiger partial charge in [-0.3, -0.25) is 0 Å². The molecule has 1 aliphatic heterocycles. The molecule has 0 aliphatic carbocycles. The summed E-state index contributed by atoms with van der Waals surface area (Å²) in [6, 6.07) is 18.0. The van der Waals surface area contributed by atoms with Crippen LogP contribution in [-0.2, 0) is 9.53 Å². The standard InChI is InChI=1S/C16H14O3/c17-14-10-15(19-16(14)18)13-8-6-12(7-9-13)11-4-2-1-3-5-11/h1-9,14-15,17H,10H2.